The van der Waals surface area contributed by atoms with Crippen LogP contribution in [0.5, 0.6) is 0 Å². The summed E-state index contributed by atoms with van der Waals surface area (Å²) in [5.41, 5.74) is 0. The molecule has 2 heterocycles. The molecule has 0 aromatic heterocycles. The van der Waals surface area contributed by atoms with Crippen LogP contribution in [0.3, 0.4) is 0 Å². The lowest BCUT2D eigenvalue weighted by Crippen LogP contribution is -2.50. The van der Waals surface area contributed by atoms with Gasteiger partial charge in [0.05, 0.1) is 6.10 Å². The summed E-state index contributed by atoms with van der Waals surface area (Å²) in [6, 6.07) is 0.770. The second-order valence-electron chi connectivity index (χ2n) is 4.81. The summed E-state index contributed by atoms with van der Waals surface area (Å²) in [6.07, 6.45) is 3.46. The van der Waals surface area contributed by atoms with Gasteiger partial charge in [-0.05, 0) is 38.3 Å². The van der Waals surface area contributed by atoms with Gasteiger partial charge in [-0.3, -0.25) is 4.90 Å². The van der Waals surface area contributed by atoms with Gasteiger partial charge in [0.25, 0.3) is 0 Å². The van der Waals surface area contributed by atoms with Crippen molar-refractivity contribution in [3.8, 4) is 0 Å². The van der Waals surface area contributed by atoms with E-state index in [9.17, 15) is 5.11 Å². The number of aliphatic hydroxyl groups excluding tert-OH is 1. The van der Waals surface area contributed by atoms with Crippen molar-refractivity contribution in [2.24, 2.45) is 5.92 Å². The SMILES string of the molecule is C[C@@H]1CN(C2CCNCC2)CC[C@@H]1O. The van der Waals surface area contributed by atoms with Crippen LogP contribution in [-0.4, -0.2) is 48.3 Å². The molecule has 0 unspecified atom stereocenters. The lowest BCUT2D eigenvalue weighted by molar-refractivity contribution is 0.0113. The van der Waals surface area contributed by atoms with Crippen molar-refractivity contribution >= 4 is 0 Å². The highest BCUT2D eigenvalue weighted by atomic mass is 16.3. The van der Waals surface area contributed by atoms with Gasteiger partial charge in [0.2, 0.25) is 0 Å². The monoisotopic (exact) mass is 198 g/mol. The van der Waals surface area contributed by atoms with Gasteiger partial charge in [-0.15, -0.1) is 0 Å². The first-order chi connectivity index (χ1) is 6.77. The maximum Gasteiger partial charge on any atom is 0.0590 e. The fourth-order valence-electron chi connectivity index (χ4n) is 2.67. The highest BCUT2D eigenvalue weighted by Gasteiger charge is 2.29. The Morgan fingerprint density at radius 2 is 1.93 bits per heavy atom. The minimum absolute atomic E-state index is 0.0621. The molecule has 14 heavy (non-hydrogen) atoms. The predicted octanol–water partition coefficient (Wildman–Crippen LogP) is 0.441. The molecule has 2 atom stereocenters. The van der Waals surface area contributed by atoms with Crippen molar-refractivity contribution in [3.05, 3.63) is 0 Å². The summed E-state index contributed by atoms with van der Waals surface area (Å²) in [4.78, 5) is 2.58. The maximum atomic E-state index is 9.65. The Balaban J connectivity index is 1.85. The van der Waals surface area contributed by atoms with E-state index in [-0.39, 0.29) is 6.10 Å². The van der Waals surface area contributed by atoms with Crippen LogP contribution in [0.4, 0.5) is 0 Å². The van der Waals surface area contributed by atoms with Gasteiger partial charge < -0.3 is 10.4 Å². The summed E-state index contributed by atoms with van der Waals surface area (Å²) in [5.74, 6) is 0.457. The van der Waals surface area contributed by atoms with Crippen molar-refractivity contribution < 1.29 is 5.11 Å². The van der Waals surface area contributed by atoms with Gasteiger partial charge >= 0.3 is 0 Å². The molecule has 3 heteroatoms. The third kappa shape index (κ3) is 2.27. The molecule has 0 bridgehead atoms. The third-order valence-electron chi connectivity index (χ3n) is 3.72. The van der Waals surface area contributed by atoms with Crippen LogP contribution in [0.25, 0.3) is 0 Å². The number of rotatable bonds is 1. The molecule has 2 aliphatic rings. The van der Waals surface area contributed by atoms with E-state index in [1.165, 1.54) is 12.8 Å². The van der Waals surface area contributed by atoms with Crippen LogP contribution in [0, 0.1) is 5.92 Å². The summed E-state index contributed by atoms with van der Waals surface area (Å²) in [6.45, 7) is 6.68. The minimum Gasteiger partial charge on any atom is -0.393 e. The number of hydrogen-bond acceptors (Lipinski definition) is 3. The number of piperidine rings is 2. The molecular weight excluding hydrogens is 176 g/mol. The zero-order valence-electron chi connectivity index (χ0n) is 9.08. The Labute approximate surface area is 86.5 Å². The van der Waals surface area contributed by atoms with E-state index in [0.717, 1.165) is 38.6 Å². The van der Waals surface area contributed by atoms with Gasteiger partial charge in [0, 0.05) is 19.1 Å². The number of nitrogens with zero attached hydrogens (tertiary/aromatic N) is 1. The molecular formula is C11H22N2O. The van der Waals surface area contributed by atoms with E-state index < -0.39 is 0 Å². The lowest BCUT2D eigenvalue weighted by Gasteiger charge is -2.41. The molecule has 3 nitrogen and oxygen atoms in total. The molecule has 2 fully saturated rings. The van der Waals surface area contributed by atoms with Gasteiger partial charge in [-0.2, -0.15) is 0 Å². The summed E-state index contributed by atoms with van der Waals surface area (Å²) in [7, 11) is 0. The Bertz CT molecular complexity index is 180. The first kappa shape index (κ1) is 10.4. The topological polar surface area (TPSA) is 35.5 Å². The van der Waals surface area contributed by atoms with Crippen LogP contribution in [0.1, 0.15) is 26.2 Å². The standard InChI is InChI=1S/C11H22N2O/c1-9-8-13(7-4-11(9)14)10-2-5-12-6-3-10/h9-12,14H,2-8H2,1H3/t9-,11+/m1/s1. The molecule has 0 saturated carbocycles. The molecule has 0 radical (unpaired) electrons. The molecule has 2 N–H and O–H groups in total. The Hall–Kier alpha value is -0.120. The molecule has 0 spiro atoms. The average molecular weight is 198 g/mol. The molecule has 2 rings (SSSR count). The van der Waals surface area contributed by atoms with E-state index >= 15 is 0 Å². The second kappa shape index (κ2) is 4.60. The molecule has 2 aliphatic heterocycles. The molecule has 82 valence electrons. The quantitative estimate of drug-likeness (QED) is 0.642. The maximum absolute atomic E-state index is 9.65. The Kier molecular flexibility index (Phi) is 3.42. The van der Waals surface area contributed by atoms with Crippen molar-refractivity contribution in [2.45, 2.75) is 38.3 Å². The third-order valence-corrected chi connectivity index (χ3v) is 3.72. The van der Waals surface area contributed by atoms with E-state index in [4.69, 9.17) is 0 Å². The summed E-state index contributed by atoms with van der Waals surface area (Å²) >= 11 is 0. The van der Waals surface area contributed by atoms with Crippen LogP contribution in [-0.2, 0) is 0 Å². The van der Waals surface area contributed by atoms with Gasteiger partial charge in [0.1, 0.15) is 0 Å². The number of nitrogens with one attached hydrogen (secondary N) is 1. The number of aliphatic hydroxyl groups is 1. The van der Waals surface area contributed by atoms with E-state index in [2.05, 4.69) is 17.1 Å². The van der Waals surface area contributed by atoms with Crippen molar-refractivity contribution in [3.63, 3.8) is 0 Å². The Morgan fingerprint density at radius 1 is 1.21 bits per heavy atom. The van der Waals surface area contributed by atoms with Gasteiger partial charge in [0.15, 0.2) is 0 Å². The molecule has 0 aromatic carbocycles. The largest absolute Gasteiger partial charge is 0.393 e. The van der Waals surface area contributed by atoms with Crippen LogP contribution in [0.15, 0.2) is 0 Å². The summed E-state index contributed by atoms with van der Waals surface area (Å²) in [5, 5.41) is 13.1. The molecule has 0 amide bonds. The summed E-state index contributed by atoms with van der Waals surface area (Å²) < 4.78 is 0. The Morgan fingerprint density at radius 3 is 2.57 bits per heavy atom. The van der Waals surface area contributed by atoms with Crippen LogP contribution >= 0.6 is 0 Å². The van der Waals surface area contributed by atoms with Crippen molar-refractivity contribution in [1.29, 1.82) is 0 Å². The zero-order chi connectivity index (χ0) is 9.97. The van der Waals surface area contributed by atoms with E-state index in [0.29, 0.717) is 5.92 Å². The van der Waals surface area contributed by atoms with E-state index in [1.54, 1.807) is 0 Å². The van der Waals surface area contributed by atoms with E-state index in [1.807, 2.05) is 0 Å². The molecule has 0 aliphatic carbocycles. The second-order valence-corrected chi connectivity index (χ2v) is 4.81. The van der Waals surface area contributed by atoms with Gasteiger partial charge in [-0.1, -0.05) is 6.92 Å². The molecule has 0 aromatic rings. The van der Waals surface area contributed by atoms with Crippen LogP contribution in [0.2, 0.25) is 0 Å². The van der Waals surface area contributed by atoms with Crippen LogP contribution < -0.4 is 5.32 Å². The number of hydrogen-bond donors (Lipinski definition) is 2. The first-order valence-corrected chi connectivity index (χ1v) is 5.90. The van der Waals surface area contributed by atoms with Gasteiger partial charge in [-0.25, -0.2) is 0 Å². The fraction of sp³-hybridized carbons (Fsp3) is 1.00. The first-order valence-electron chi connectivity index (χ1n) is 5.90. The fourth-order valence-corrected chi connectivity index (χ4v) is 2.67. The van der Waals surface area contributed by atoms with Crippen molar-refractivity contribution in [2.75, 3.05) is 26.2 Å². The average Bonchev–Trinajstić information content (AvgIpc) is 2.23. The van der Waals surface area contributed by atoms with Crippen molar-refractivity contribution in [1.82, 2.24) is 10.2 Å². The highest BCUT2D eigenvalue weighted by molar-refractivity contribution is 4.84. The lowest BCUT2D eigenvalue weighted by atomic mass is 9.93. The zero-order valence-corrected chi connectivity index (χ0v) is 9.08. The predicted molar refractivity (Wildman–Crippen MR) is 57.3 cm³/mol. The highest BCUT2D eigenvalue weighted by Crippen LogP contribution is 2.21. The smallest absolute Gasteiger partial charge is 0.0590 e. The minimum atomic E-state index is -0.0621. The molecule has 2 saturated heterocycles. The number of likely N-dealkylation sites (tertiary alicyclic amines) is 1. The normalized spacial score (nSPS) is 37.3.